The van der Waals surface area contributed by atoms with Gasteiger partial charge in [0.2, 0.25) is 0 Å². The molecule has 3 aromatic rings. The molecule has 0 radical (unpaired) electrons. The quantitative estimate of drug-likeness (QED) is 0.653. The van der Waals surface area contributed by atoms with Crippen molar-refractivity contribution < 1.29 is 17.6 Å². The smallest absolute Gasteiger partial charge is 0.276 e. The highest BCUT2D eigenvalue weighted by Gasteiger charge is 2.19. The fourth-order valence-electron chi connectivity index (χ4n) is 2.98. The van der Waals surface area contributed by atoms with Gasteiger partial charge in [0.1, 0.15) is 11.7 Å². The predicted molar refractivity (Wildman–Crippen MR) is 110 cm³/mol. The number of hydrogen-bond acceptors (Lipinski definition) is 5. The summed E-state index contributed by atoms with van der Waals surface area (Å²) >= 11 is 0. The monoisotopic (exact) mass is 427 g/mol. The van der Waals surface area contributed by atoms with E-state index in [2.05, 4.69) is 20.1 Å². The van der Waals surface area contributed by atoms with E-state index in [1.54, 1.807) is 18.2 Å². The molecule has 0 saturated heterocycles. The predicted octanol–water partition coefficient (Wildman–Crippen LogP) is 2.73. The Balaban J connectivity index is 1.49. The summed E-state index contributed by atoms with van der Waals surface area (Å²) in [6.45, 7) is 0.607. The van der Waals surface area contributed by atoms with Crippen LogP contribution in [0.1, 0.15) is 23.3 Å². The van der Waals surface area contributed by atoms with Crippen molar-refractivity contribution >= 4 is 27.5 Å². The van der Waals surface area contributed by atoms with Crippen LogP contribution in [0.4, 0.5) is 10.1 Å². The highest BCUT2D eigenvalue weighted by molar-refractivity contribution is 7.90. The molecule has 1 aliphatic rings. The van der Waals surface area contributed by atoms with Crippen LogP contribution in [0.2, 0.25) is 0 Å². The summed E-state index contributed by atoms with van der Waals surface area (Å²) in [7, 11) is -3.79. The van der Waals surface area contributed by atoms with Crippen LogP contribution in [0, 0.1) is 5.82 Å². The lowest BCUT2D eigenvalue weighted by atomic mass is 10.3. The zero-order chi connectivity index (χ0) is 21.1. The number of carbonyl (C=O) groups excluding carboxylic acids is 1. The van der Waals surface area contributed by atoms with E-state index in [-0.39, 0.29) is 10.6 Å². The van der Waals surface area contributed by atoms with Crippen molar-refractivity contribution in [2.75, 3.05) is 11.9 Å². The number of sulfonamides is 1. The molecule has 2 heterocycles. The lowest BCUT2D eigenvalue weighted by Gasteiger charge is -2.09. The van der Waals surface area contributed by atoms with E-state index in [0.29, 0.717) is 30.2 Å². The molecule has 10 heteroatoms. The minimum Gasteiger partial charge on any atom is -0.321 e. The molecule has 0 atom stereocenters. The Labute approximate surface area is 172 Å². The van der Waals surface area contributed by atoms with Crippen molar-refractivity contribution in [3.05, 3.63) is 72.3 Å². The van der Waals surface area contributed by atoms with Gasteiger partial charge >= 0.3 is 0 Å². The summed E-state index contributed by atoms with van der Waals surface area (Å²) in [5.41, 5.74) is 0.880. The van der Waals surface area contributed by atoms with Crippen LogP contribution >= 0.6 is 0 Å². The third-order valence-corrected chi connectivity index (χ3v) is 5.80. The SMILES string of the molecule is O=C(Nc1cccc(S(=O)(=O)NC2=NCCC2)c1)c1ccn(-c2cccc(F)c2)n1. The number of nitrogens with one attached hydrogen (secondary N) is 2. The lowest BCUT2D eigenvalue weighted by Crippen LogP contribution is -2.29. The third-order valence-electron chi connectivity index (χ3n) is 4.42. The van der Waals surface area contributed by atoms with Gasteiger partial charge in [0.05, 0.1) is 10.6 Å². The van der Waals surface area contributed by atoms with Crippen LogP contribution in [0.15, 0.2) is 70.7 Å². The maximum Gasteiger partial charge on any atom is 0.276 e. The number of carbonyl (C=O) groups is 1. The molecule has 1 aliphatic heterocycles. The van der Waals surface area contributed by atoms with Gasteiger partial charge in [-0.2, -0.15) is 5.10 Å². The van der Waals surface area contributed by atoms with E-state index in [1.807, 2.05) is 0 Å². The number of amidine groups is 1. The fraction of sp³-hybridized carbons (Fsp3) is 0.150. The number of halogens is 1. The average Bonchev–Trinajstić information content (AvgIpc) is 3.40. The number of amides is 1. The number of hydrogen-bond donors (Lipinski definition) is 2. The third kappa shape index (κ3) is 4.38. The van der Waals surface area contributed by atoms with Crippen molar-refractivity contribution in [2.45, 2.75) is 17.7 Å². The fourth-order valence-corrected chi connectivity index (χ4v) is 4.12. The van der Waals surface area contributed by atoms with E-state index in [1.165, 1.54) is 47.3 Å². The zero-order valence-corrected chi connectivity index (χ0v) is 16.6. The molecule has 1 amide bonds. The molecule has 0 bridgehead atoms. The molecular weight excluding hydrogens is 409 g/mol. The highest BCUT2D eigenvalue weighted by atomic mass is 32.2. The molecule has 0 saturated carbocycles. The molecule has 154 valence electrons. The minimum atomic E-state index is -3.79. The van der Waals surface area contributed by atoms with Gasteiger partial charge < -0.3 is 5.32 Å². The molecule has 0 spiro atoms. The van der Waals surface area contributed by atoms with Crippen molar-refractivity contribution in [1.82, 2.24) is 14.5 Å². The summed E-state index contributed by atoms with van der Waals surface area (Å²) in [4.78, 5) is 16.6. The van der Waals surface area contributed by atoms with Gasteiger partial charge in [-0.25, -0.2) is 17.5 Å². The first-order valence-corrected chi connectivity index (χ1v) is 10.7. The van der Waals surface area contributed by atoms with Crippen molar-refractivity contribution in [1.29, 1.82) is 0 Å². The van der Waals surface area contributed by atoms with Gasteiger partial charge in [0.15, 0.2) is 5.69 Å². The molecular formula is C20H18FN5O3S. The normalized spacial score (nSPS) is 13.7. The topological polar surface area (TPSA) is 105 Å². The molecule has 0 aliphatic carbocycles. The number of nitrogens with zero attached hydrogens (tertiary/aromatic N) is 3. The molecule has 8 nitrogen and oxygen atoms in total. The largest absolute Gasteiger partial charge is 0.321 e. The summed E-state index contributed by atoms with van der Waals surface area (Å²) in [5.74, 6) is -0.496. The standard InChI is InChI=1S/C20H18FN5O3S/c21-14-4-1-6-16(12-14)26-11-9-18(24-26)20(27)23-15-5-2-7-17(13-15)30(28,29)25-19-8-3-10-22-19/h1-2,4-7,9,11-13H,3,8,10H2,(H,22,25)(H,23,27). The molecule has 2 aromatic carbocycles. The maximum atomic E-state index is 13.4. The van der Waals surface area contributed by atoms with E-state index < -0.39 is 21.7 Å². The molecule has 30 heavy (non-hydrogen) atoms. The van der Waals surface area contributed by atoms with Crippen LogP contribution in [0.5, 0.6) is 0 Å². The zero-order valence-electron chi connectivity index (χ0n) is 15.7. The lowest BCUT2D eigenvalue weighted by molar-refractivity contribution is 0.102. The Kier molecular flexibility index (Phi) is 5.32. The van der Waals surface area contributed by atoms with Gasteiger partial charge in [-0.15, -0.1) is 0 Å². The second-order valence-electron chi connectivity index (χ2n) is 6.64. The molecule has 4 rings (SSSR count). The van der Waals surface area contributed by atoms with Gasteiger partial charge in [-0.3, -0.25) is 14.5 Å². The van der Waals surface area contributed by atoms with Gasteiger partial charge in [-0.05, 0) is 48.9 Å². The summed E-state index contributed by atoms with van der Waals surface area (Å²) in [6, 6.07) is 13.2. The van der Waals surface area contributed by atoms with Crippen LogP contribution in [0.25, 0.3) is 5.69 Å². The Morgan fingerprint density at radius 3 is 2.70 bits per heavy atom. The van der Waals surface area contributed by atoms with Crippen LogP contribution < -0.4 is 10.0 Å². The van der Waals surface area contributed by atoms with Crippen LogP contribution in [-0.4, -0.2) is 36.5 Å². The summed E-state index contributed by atoms with van der Waals surface area (Å²) < 4.78 is 42.3. The Bertz CT molecular complexity index is 1240. The van der Waals surface area contributed by atoms with E-state index in [0.717, 1.165) is 6.42 Å². The Morgan fingerprint density at radius 1 is 1.10 bits per heavy atom. The first kappa shape index (κ1) is 19.8. The van der Waals surface area contributed by atoms with E-state index in [4.69, 9.17) is 0 Å². The average molecular weight is 427 g/mol. The Morgan fingerprint density at radius 2 is 1.93 bits per heavy atom. The molecule has 2 N–H and O–H groups in total. The first-order chi connectivity index (χ1) is 14.4. The Hall–Kier alpha value is -3.53. The number of rotatable bonds is 5. The molecule has 0 fully saturated rings. The summed E-state index contributed by atoms with van der Waals surface area (Å²) in [6.07, 6.45) is 2.94. The molecule has 0 unspecified atom stereocenters. The van der Waals surface area contributed by atoms with Crippen molar-refractivity contribution in [3.63, 3.8) is 0 Å². The van der Waals surface area contributed by atoms with Crippen LogP contribution in [-0.2, 0) is 10.0 Å². The van der Waals surface area contributed by atoms with E-state index in [9.17, 15) is 17.6 Å². The van der Waals surface area contributed by atoms with Gasteiger partial charge in [0, 0.05) is 24.8 Å². The van der Waals surface area contributed by atoms with Crippen molar-refractivity contribution in [3.8, 4) is 5.69 Å². The second kappa shape index (κ2) is 8.07. The summed E-state index contributed by atoms with van der Waals surface area (Å²) in [5, 5.41) is 6.78. The highest BCUT2D eigenvalue weighted by Crippen LogP contribution is 2.17. The van der Waals surface area contributed by atoms with Crippen LogP contribution in [0.3, 0.4) is 0 Å². The van der Waals surface area contributed by atoms with Gasteiger partial charge in [-0.1, -0.05) is 12.1 Å². The molecule has 1 aromatic heterocycles. The minimum absolute atomic E-state index is 0.0141. The van der Waals surface area contributed by atoms with Crippen molar-refractivity contribution in [2.24, 2.45) is 4.99 Å². The van der Waals surface area contributed by atoms with E-state index >= 15 is 0 Å². The number of aliphatic imine (C=N–C) groups is 1. The second-order valence-corrected chi connectivity index (χ2v) is 8.33. The number of aromatic nitrogens is 2. The first-order valence-electron chi connectivity index (χ1n) is 9.20. The number of benzene rings is 2. The maximum absolute atomic E-state index is 13.4. The van der Waals surface area contributed by atoms with Gasteiger partial charge in [0.25, 0.3) is 15.9 Å². The number of anilines is 1.